The van der Waals surface area contributed by atoms with E-state index in [9.17, 15) is 24.0 Å². The maximum Gasteiger partial charge on any atom is 0.266 e. The SMILES string of the molecule is Cc1cc(C)c(C)c(Cc2c(C)c(C)c(N3C(=O)c4ccc(C(=O)c5ccc6c(c5)C(=O)N(C)C6=O)cc4C3=O)c(C)c2C)c1C. The van der Waals surface area contributed by atoms with Crippen molar-refractivity contribution in [1.82, 2.24) is 4.90 Å². The van der Waals surface area contributed by atoms with Gasteiger partial charge in [-0.15, -0.1) is 0 Å². The summed E-state index contributed by atoms with van der Waals surface area (Å²) in [5.41, 5.74) is 13.2. The first kappa shape index (κ1) is 30.8. The summed E-state index contributed by atoms with van der Waals surface area (Å²) in [5.74, 6) is -2.21. The maximum atomic E-state index is 14.0. The summed E-state index contributed by atoms with van der Waals surface area (Å²) < 4.78 is 0. The normalized spacial score (nSPS) is 14.0. The fourth-order valence-corrected chi connectivity index (χ4v) is 6.97. The van der Waals surface area contributed by atoms with Crippen LogP contribution in [0.15, 0.2) is 42.5 Å². The third-order valence-electron chi connectivity index (χ3n) is 10.3. The molecule has 7 nitrogen and oxygen atoms in total. The van der Waals surface area contributed by atoms with Crippen LogP contribution in [-0.2, 0) is 6.42 Å². The molecule has 0 aliphatic carbocycles. The summed E-state index contributed by atoms with van der Waals surface area (Å²) in [7, 11) is 1.40. The first-order valence-electron chi connectivity index (χ1n) is 15.3. The molecule has 4 aromatic carbocycles. The van der Waals surface area contributed by atoms with Crippen molar-refractivity contribution in [3.63, 3.8) is 0 Å². The molecule has 4 amide bonds. The van der Waals surface area contributed by atoms with Crippen molar-refractivity contribution in [3.8, 4) is 0 Å². The van der Waals surface area contributed by atoms with Gasteiger partial charge in [-0.25, -0.2) is 4.90 Å². The third-order valence-corrected chi connectivity index (χ3v) is 10.3. The minimum Gasteiger partial charge on any atom is -0.289 e. The van der Waals surface area contributed by atoms with E-state index < -0.39 is 29.4 Å². The van der Waals surface area contributed by atoms with Crippen molar-refractivity contribution < 1.29 is 24.0 Å². The van der Waals surface area contributed by atoms with Gasteiger partial charge < -0.3 is 0 Å². The van der Waals surface area contributed by atoms with Crippen LogP contribution in [0, 0.1) is 55.4 Å². The number of amides is 4. The van der Waals surface area contributed by atoms with Gasteiger partial charge in [0.25, 0.3) is 23.6 Å². The number of imide groups is 2. The van der Waals surface area contributed by atoms with Gasteiger partial charge in [0.1, 0.15) is 0 Å². The molecule has 0 bridgehead atoms. The second kappa shape index (κ2) is 10.7. The van der Waals surface area contributed by atoms with Gasteiger partial charge in [-0.05, 0) is 142 Å². The number of benzene rings is 4. The zero-order valence-electron chi connectivity index (χ0n) is 27.7. The van der Waals surface area contributed by atoms with Gasteiger partial charge in [0.05, 0.1) is 27.9 Å². The third kappa shape index (κ3) is 4.37. The fraction of sp³-hybridized carbons (Fsp3) is 0.256. The summed E-state index contributed by atoms with van der Waals surface area (Å²) in [4.78, 5) is 68.3. The van der Waals surface area contributed by atoms with E-state index in [1.165, 1.54) is 81.7 Å². The van der Waals surface area contributed by atoms with E-state index in [4.69, 9.17) is 0 Å². The Balaban J connectivity index is 1.37. The van der Waals surface area contributed by atoms with Gasteiger partial charge in [0.15, 0.2) is 5.78 Å². The maximum absolute atomic E-state index is 14.0. The van der Waals surface area contributed by atoms with Crippen LogP contribution in [0.2, 0.25) is 0 Å². The molecule has 7 heteroatoms. The van der Waals surface area contributed by atoms with Gasteiger partial charge in [0, 0.05) is 18.2 Å². The summed E-state index contributed by atoms with van der Waals surface area (Å²) in [5, 5.41) is 0. The molecule has 4 aromatic rings. The van der Waals surface area contributed by atoms with Gasteiger partial charge in [-0.1, -0.05) is 18.2 Å². The predicted molar refractivity (Wildman–Crippen MR) is 177 cm³/mol. The van der Waals surface area contributed by atoms with Crippen molar-refractivity contribution >= 4 is 35.1 Å². The number of carbonyl (C=O) groups is 5. The zero-order chi connectivity index (χ0) is 33.5. The van der Waals surface area contributed by atoms with Crippen LogP contribution in [-0.4, -0.2) is 41.4 Å². The molecule has 0 unspecified atom stereocenters. The monoisotopic (exact) mass is 612 g/mol. The number of ketones is 1. The van der Waals surface area contributed by atoms with Crippen molar-refractivity contribution in [1.29, 1.82) is 0 Å². The molecule has 2 aliphatic heterocycles. The Morgan fingerprint density at radius 1 is 0.522 bits per heavy atom. The molecule has 2 heterocycles. The van der Waals surface area contributed by atoms with Gasteiger partial charge >= 0.3 is 0 Å². The molecule has 0 spiro atoms. The van der Waals surface area contributed by atoms with E-state index in [1.807, 2.05) is 13.8 Å². The van der Waals surface area contributed by atoms with Crippen LogP contribution in [0.4, 0.5) is 5.69 Å². The van der Waals surface area contributed by atoms with E-state index >= 15 is 0 Å². The first-order valence-corrected chi connectivity index (χ1v) is 15.3. The molecule has 2 aliphatic rings. The van der Waals surface area contributed by atoms with Crippen molar-refractivity contribution in [2.75, 3.05) is 11.9 Å². The lowest BCUT2D eigenvalue weighted by Gasteiger charge is -2.26. The molecule has 6 rings (SSSR count). The average Bonchev–Trinajstić information content (AvgIpc) is 3.41. The average molecular weight is 613 g/mol. The van der Waals surface area contributed by atoms with Crippen LogP contribution < -0.4 is 4.90 Å². The van der Waals surface area contributed by atoms with E-state index in [0.29, 0.717) is 5.69 Å². The summed E-state index contributed by atoms with van der Waals surface area (Å²) in [6, 6.07) is 11.1. The van der Waals surface area contributed by atoms with E-state index in [2.05, 4.69) is 47.6 Å². The van der Waals surface area contributed by atoms with Crippen LogP contribution in [0.5, 0.6) is 0 Å². The molecule has 46 heavy (non-hydrogen) atoms. The van der Waals surface area contributed by atoms with Gasteiger partial charge in [0.2, 0.25) is 0 Å². The van der Waals surface area contributed by atoms with Crippen molar-refractivity contribution in [2.24, 2.45) is 0 Å². The molecule has 0 atom stereocenters. The highest BCUT2D eigenvalue weighted by Crippen LogP contribution is 2.39. The second-order valence-corrected chi connectivity index (χ2v) is 12.7. The summed E-state index contributed by atoms with van der Waals surface area (Å²) >= 11 is 0. The number of hydrogen-bond donors (Lipinski definition) is 0. The zero-order valence-corrected chi connectivity index (χ0v) is 27.7. The molecular weight excluding hydrogens is 576 g/mol. The molecule has 0 aromatic heterocycles. The van der Waals surface area contributed by atoms with Crippen LogP contribution >= 0.6 is 0 Å². The Kier molecular flexibility index (Phi) is 7.19. The lowest BCUT2D eigenvalue weighted by atomic mass is 9.84. The Morgan fingerprint density at radius 2 is 0.935 bits per heavy atom. The molecular formula is C39H36N2O5. The van der Waals surface area contributed by atoms with Crippen molar-refractivity contribution in [2.45, 2.75) is 61.8 Å². The first-order chi connectivity index (χ1) is 21.6. The highest BCUT2D eigenvalue weighted by Gasteiger charge is 2.40. The standard InChI is InChI=1S/C39H36N2O5/c1-18-14-19(2)21(4)30(20(18)3)17-31-22(5)24(7)34(25(8)23(31)6)41-38(45)29-13-11-27(16-33(29)39(41)46)35(42)26-10-12-28-32(15-26)37(44)40(9)36(28)43/h10-16H,17H2,1-9H3. The Bertz CT molecular complexity index is 2060. The van der Waals surface area contributed by atoms with Gasteiger partial charge in [-0.3, -0.25) is 28.9 Å². The number of rotatable bonds is 5. The largest absolute Gasteiger partial charge is 0.289 e. The number of aryl methyl sites for hydroxylation is 2. The van der Waals surface area contributed by atoms with Crippen LogP contribution in [0.25, 0.3) is 0 Å². The second-order valence-electron chi connectivity index (χ2n) is 12.7. The number of anilines is 1. The van der Waals surface area contributed by atoms with Crippen LogP contribution in [0.1, 0.15) is 113 Å². The molecule has 232 valence electrons. The highest BCUT2D eigenvalue weighted by atomic mass is 16.2. The fourth-order valence-electron chi connectivity index (χ4n) is 6.97. The molecule has 0 saturated heterocycles. The molecule has 0 fully saturated rings. The van der Waals surface area contributed by atoms with E-state index in [1.54, 1.807) is 0 Å². The minimum absolute atomic E-state index is 0.155. The summed E-state index contributed by atoms with van der Waals surface area (Å²) in [6.45, 7) is 16.6. The minimum atomic E-state index is -0.482. The quantitative estimate of drug-likeness (QED) is 0.179. The van der Waals surface area contributed by atoms with Gasteiger partial charge in [-0.2, -0.15) is 0 Å². The Morgan fingerprint density at radius 3 is 1.46 bits per heavy atom. The van der Waals surface area contributed by atoms with Crippen LogP contribution in [0.3, 0.4) is 0 Å². The number of nitrogens with zero attached hydrogens (tertiary/aromatic N) is 2. The predicted octanol–water partition coefficient (Wildman–Crippen LogP) is 7.00. The topological polar surface area (TPSA) is 91.8 Å². The van der Waals surface area contributed by atoms with E-state index in [0.717, 1.165) is 33.6 Å². The molecule has 0 radical (unpaired) electrons. The van der Waals surface area contributed by atoms with E-state index in [-0.39, 0.29) is 33.4 Å². The summed E-state index contributed by atoms with van der Waals surface area (Å²) in [6.07, 6.45) is 0.756. The number of carbonyl (C=O) groups excluding carboxylic acids is 5. The Hall–Kier alpha value is -5.17. The van der Waals surface area contributed by atoms with Crippen molar-refractivity contribution in [3.05, 3.63) is 131 Å². The lowest BCUT2D eigenvalue weighted by molar-refractivity contribution is 0.0692. The molecule has 0 N–H and O–H groups in total. The Labute approximate surface area is 268 Å². The number of fused-ring (bicyclic) bond motifs is 2. The highest BCUT2D eigenvalue weighted by molar-refractivity contribution is 6.35. The smallest absolute Gasteiger partial charge is 0.266 e. The number of hydrogen-bond acceptors (Lipinski definition) is 5. The molecule has 0 saturated carbocycles. The lowest BCUT2D eigenvalue weighted by Crippen LogP contribution is -2.31.